The lowest BCUT2D eigenvalue weighted by molar-refractivity contribution is -0.121. The normalized spacial score (nSPS) is 11.3. The zero-order valence-corrected chi connectivity index (χ0v) is 14.2. The number of benzene rings is 2. The topological polar surface area (TPSA) is 29.1 Å². The Labute approximate surface area is 141 Å². The SMILES string of the molecule is CC(C)(CNC(=O)CCc1ccc(Cl)cc1)c1ccccc1F. The summed E-state index contributed by atoms with van der Waals surface area (Å²) in [5, 5.41) is 3.58. The van der Waals surface area contributed by atoms with Crippen LogP contribution in [0.5, 0.6) is 0 Å². The molecule has 0 saturated heterocycles. The first-order valence-electron chi connectivity index (χ1n) is 7.65. The van der Waals surface area contributed by atoms with Crippen LogP contribution >= 0.6 is 11.6 Å². The van der Waals surface area contributed by atoms with Gasteiger partial charge in [-0.2, -0.15) is 0 Å². The number of carbonyl (C=O) groups excluding carboxylic acids is 1. The molecule has 2 nitrogen and oxygen atoms in total. The van der Waals surface area contributed by atoms with E-state index in [2.05, 4.69) is 5.32 Å². The lowest BCUT2D eigenvalue weighted by atomic mass is 9.84. The molecule has 0 unspecified atom stereocenters. The number of hydrogen-bond donors (Lipinski definition) is 1. The molecule has 23 heavy (non-hydrogen) atoms. The monoisotopic (exact) mass is 333 g/mol. The summed E-state index contributed by atoms with van der Waals surface area (Å²) in [5.74, 6) is -0.280. The maximum Gasteiger partial charge on any atom is 0.220 e. The molecule has 2 rings (SSSR count). The first kappa shape index (κ1) is 17.5. The van der Waals surface area contributed by atoms with Crippen LogP contribution in [0.25, 0.3) is 0 Å². The van der Waals surface area contributed by atoms with E-state index in [0.717, 1.165) is 5.56 Å². The van der Waals surface area contributed by atoms with E-state index >= 15 is 0 Å². The number of nitrogens with one attached hydrogen (secondary N) is 1. The van der Waals surface area contributed by atoms with Crippen molar-refractivity contribution < 1.29 is 9.18 Å². The van der Waals surface area contributed by atoms with Crippen molar-refractivity contribution in [1.29, 1.82) is 0 Å². The van der Waals surface area contributed by atoms with Gasteiger partial charge in [0.2, 0.25) is 5.91 Å². The summed E-state index contributed by atoms with van der Waals surface area (Å²) in [6.45, 7) is 4.24. The molecule has 0 spiro atoms. The van der Waals surface area contributed by atoms with Crippen LogP contribution in [0.4, 0.5) is 4.39 Å². The Kier molecular flexibility index (Phi) is 5.78. The van der Waals surface area contributed by atoms with Gasteiger partial charge >= 0.3 is 0 Å². The van der Waals surface area contributed by atoms with E-state index in [1.54, 1.807) is 12.1 Å². The standard InChI is InChI=1S/C19H21ClFNO/c1-19(2,16-5-3-4-6-17(16)21)13-22-18(23)12-9-14-7-10-15(20)11-8-14/h3-8,10-11H,9,12-13H2,1-2H3,(H,22,23). The second kappa shape index (κ2) is 7.60. The van der Waals surface area contributed by atoms with Crippen LogP contribution in [0.1, 0.15) is 31.4 Å². The third-order valence-corrected chi connectivity index (χ3v) is 4.14. The lowest BCUT2D eigenvalue weighted by Crippen LogP contribution is -2.37. The highest BCUT2D eigenvalue weighted by atomic mass is 35.5. The minimum absolute atomic E-state index is 0.0376. The molecule has 0 aliphatic carbocycles. The molecule has 0 aromatic heterocycles. The van der Waals surface area contributed by atoms with Crippen molar-refractivity contribution in [2.45, 2.75) is 32.1 Å². The Morgan fingerprint density at radius 2 is 1.78 bits per heavy atom. The number of hydrogen-bond acceptors (Lipinski definition) is 1. The number of amides is 1. The van der Waals surface area contributed by atoms with Crippen molar-refractivity contribution in [3.8, 4) is 0 Å². The predicted octanol–water partition coefficient (Wildman–Crippen LogP) is 4.51. The molecule has 1 N–H and O–H groups in total. The van der Waals surface area contributed by atoms with Crippen molar-refractivity contribution in [2.75, 3.05) is 6.54 Å². The summed E-state index contributed by atoms with van der Waals surface area (Å²) in [7, 11) is 0. The van der Waals surface area contributed by atoms with E-state index in [9.17, 15) is 9.18 Å². The Hall–Kier alpha value is -1.87. The first-order chi connectivity index (χ1) is 10.9. The van der Waals surface area contributed by atoms with Crippen LogP contribution in [0, 0.1) is 5.82 Å². The summed E-state index contributed by atoms with van der Waals surface area (Å²) >= 11 is 5.84. The largest absolute Gasteiger partial charge is 0.355 e. The van der Waals surface area contributed by atoms with Crippen LogP contribution in [-0.2, 0) is 16.6 Å². The zero-order chi connectivity index (χ0) is 16.9. The minimum Gasteiger partial charge on any atom is -0.355 e. The minimum atomic E-state index is -0.457. The van der Waals surface area contributed by atoms with Crippen molar-refractivity contribution >= 4 is 17.5 Å². The maximum absolute atomic E-state index is 13.9. The van der Waals surface area contributed by atoms with E-state index in [-0.39, 0.29) is 11.7 Å². The average molecular weight is 334 g/mol. The Bertz CT molecular complexity index is 667. The third-order valence-electron chi connectivity index (χ3n) is 3.88. The van der Waals surface area contributed by atoms with Crippen molar-refractivity contribution in [1.82, 2.24) is 5.32 Å². The van der Waals surface area contributed by atoms with Gasteiger partial charge in [-0.25, -0.2) is 4.39 Å². The van der Waals surface area contributed by atoms with E-state index in [0.29, 0.717) is 30.0 Å². The molecule has 2 aromatic carbocycles. The van der Waals surface area contributed by atoms with Crippen LogP contribution in [0.3, 0.4) is 0 Å². The Balaban J connectivity index is 1.86. The molecule has 0 heterocycles. The fraction of sp³-hybridized carbons (Fsp3) is 0.316. The lowest BCUT2D eigenvalue weighted by Gasteiger charge is -2.26. The summed E-state index contributed by atoms with van der Waals surface area (Å²) < 4.78 is 13.9. The number of aryl methyl sites for hydroxylation is 1. The first-order valence-corrected chi connectivity index (χ1v) is 8.02. The van der Waals surface area contributed by atoms with Crippen LogP contribution < -0.4 is 5.32 Å². The highest BCUT2D eigenvalue weighted by molar-refractivity contribution is 6.30. The Morgan fingerprint density at radius 3 is 2.43 bits per heavy atom. The fourth-order valence-electron chi connectivity index (χ4n) is 2.42. The third kappa shape index (κ3) is 5.07. The van der Waals surface area contributed by atoms with Crippen molar-refractivity contribution in [3.63, 3.8) is 0 Å². The molecule has 0 bridgehead atoms. The maximum atomic E-state index is 13.9. The molecule has 0 aliphatic rings. The van der Waals surface area contributed by atoms with Gasteiger partial charge in [-0.1, -0.05) is 55.8 Å². The van der Waals surface area contributed by atoms with E-state index in [1.165, 1.54) is 6.07 Å². The van der Waals surface area contributed by atoms with Gasteiger partial charge in [0.25, 0.3) is 0 Å². The molecular formula is C19H21ClFNO. The van der Waals surface area contributed by atoms with Crippen molar-refractivity contribution in [2.24, 2.45) is 0 Å². The van der Waals surface area contributed by atoms with E-state index in [1.807, 2.05) is 44.2 Å². The molecular weight excluding hydrogens is 313 g/mol. The van der Waals surface area contributed by atoms with Crippen LogP contribution in [0.2, 0.25) is 5.02 Å². The van der Waals surface area contributed by atoms with Gasteiger partial charge in [-0.3, -0.25) is 4.79 Å². The summed E-state index contributed by atoms with van der Waals surface area (Å²) in [6, 6.07) is 14.1. The second-order valence-corrected chi connectivity index (χ2v) is 6.70. The van der Waals surface area contributed by atoms with Crippen molar-refractivity contribution in [3.05, 3.63) is 70.5 Å². The zero-order valence-electron chi connectivity index (χ0n) is 13.4. The smallest absolute Gasteiger partial charge is 0.220 e. The summed E-state index contributed by atoms with van der Waals surface area (Å²) in [5.41, 5.74) is 1.22. The van der Waals surface area contributed by atoms with Crippen LogP contribution in [0.15, 0.2) is 48.5 Å². The van der Waals surface area contributed by atoms with Gasteiger partial charge in [-0.15, -0.1) is 0 Å². The molecule has 0 fully saturated rings. The summed E-state index contributed by atoms with van der Waals surface area (Å²) in [6.07, 6.45) is 1.05. The molecule has 0 radical (unpaired) electrons. The molecule has 0 saturated carbocycles. The molecule has 122 valence electrons. The van der Waals surface area contributed by atoms with Gasteiger partial charge in [0.15, 0.2) is 0 Å². The number of rotatable bonds is 6. The fourth-order valence-corrected chi connectivity index (χ4v) is 2.55. The molecule has 4 heteroatoms. The second-order valence-electron chi connectivity index (χ2n) is 6.27. The predicted molar refractivity (Wildman–Crippen MR) is 92.2 cm³/mol. The van der Waals surface area contributed by atoms with Gasteiger partial charge in [0.05, 0.1) is 0 Å². The number of halogens is 2. The molecule has 0 atom stereocenters. The average Bonchev–Trinajstić information content (AvgIpc) is 2.53. The van der Waals surface area contributed by atoms with Crippen LogP contribution in [-0.4, -0.2) is 12.5 Å². The number of carbonyl (C=O) groups is 1. The summed E-state index contributed by atoms with van der Waals surface area (Å²) in [4.78, 5) is 12.0. The molecule has 2 aromatic rings. The highest BCUT2D eigenvalue weighted by Gasteiger charge is 2.24. The van der Waals surface area contributed by atoms with Gasteiger partial charge in [0, 0.05) is 23.4 Å². The van der Waals surface area contributed by atoms with Gasteiger partial charge in [-0.05, 0) is 35.7 Å². The van der Waals surface area contributed by atoms with E-state index in [4.69, 9.17) is 11.6 Å². The molecule has 0 aliphatic heterocycles. The quantitative estimate of drug-likeness (QED) is 0.828. The van der Waals surface area contributed by atoms with E-state index < -0.39 is 5.41 Å². The molecule has 1 amide bonds. The van der Waals surface area contributed by atoms with Gasteiger partial charge < -0.3 is 5.32 Å². The highest BCUT2D eigenvalue weighted by Crippen LogP contribution is 2.24. The van der Waals surface area contributed by atoms with Gasteiger partial charge in [0.1, 0.15) is 5.82 Å². The Morgan fingerprint density at radius 1 is 1.13 bits per heavy atom.